The number of aliphatic imine (C=N–C) groups is 1. The average Bonchev–Trinajstić information content (AvgIpc) is 2.24. The average molecular weight is 226 g/mol. The molecule has 0 fully saturated rings. The van der Waals surface area contributed by atoms with Crippen LogP contribution in [0.5, 0.6) is 5.75 Å². The lowest BCUT2D eigenvalue weighted by Gasteiger charge is -2.13. The Morgan fingerprint density at radius 1 is 1.27 bits per heavy atom. The molecule has 0 amide bonds. The highest BCUT2D eigenvalue weighted by Gasteiger charge is 2.14. The second-order valence-electron chi connectivity index (χ2n) is 3.42. The van der Waals surface area contributed by atoms with E-state index in [0.29, 0.717) is 10.6 Å². The Kier molecular flexibility index (Phi) is 3.51. The van der Waals surface area contributed by atoms with Gasteiger partial charge in [0.2, 0.25) is 6.08 Å². The first kappa shape index (κ1) is 11.8. The van der Waals surface area contributed by atoms with Crippen molar-refractivity contribution in [2.75, 3.05) is 0 Å². The van der Waals surface area contributed by atoms with Crippen molar-refractivity contribution in [1.29, 1.82) is 0 Å². The summed E-state index contributed by atoms with van der Waals surface area (Å²) >= 11 is 6.09. The molecule has 1 N–H and O–H groups in total. The summed E-state index contributed by atoms with van der Waals surface area (Å²) in [6.45, 7) is 5.54. The largest absolute Gasteiger partial charge is 0.507 e. The van der Waals surface area contributed by atoms with Crippen molar-refractivity contribution in [3.05, 3.63) is 27.3 Å². The summed E-state index contributed by atoms with van der Waals surface area (Å²) in [5.41, 5.74) is 2.93. The number of isocyanates is 1. The summed E-state index contributed by atoms with van der Waals surface area (Å²) in [5.74, 6) is 0.161. The van der Waals surface area contributed by atoms with Crippen molar-refractivity contribution in [1.82, 2.24) is 0 Å². The molecular weight excluding hydrogens is 214 g/mol. The highest BCUT2D eigenvalue weighted by Crippen LogP contribution is 2.35. The van der Waals surface area contributed by atoms with E-state index in [1.165, 1.54) is 6.08 Å². The van der Waals surface area contributed by atoms with Gasteiger partial charge in [-0.25, -0.2) is 9.79 Å². The van der Waals surface area contributed by atoms with Gasteiger partial charge < -0.3 is 5.11 Å². The van der Waals surface area contributed by atoms with Crippen LogP contribution in [0.25, 0.3) is 0 Å². The molecule has 4 heteroatoms. The molecule has 0 aliphatic heterocycles. The Hall–Kier alpha value is -1.31. The third-order valence-corrected chi connectivity index (χ3v) is 3.18. The fourth-order valence-corrected chi connectivity index (χ4v) is 1.72. The lowest BCUT2D eigenvalue weighted by atomic mass is 9.99. The molecule has 0 aliphatic carbocycles. The van der Waals surface area contributed by atoms with E-state index in [1.807, 2.05) is 6.92 Å². The van der Waals surface area contributed by atoms with Crippen LogP contribution in [0.15, 0.2) is 4.99 Å². The van der Waals surface area contributed by atoms with Crippen LogP contribution >= 0.6 is 11.6 Å². The highest BCUT2D eigenvalue weighted by atomic mass is 35.5. The van der Waals surface area contributed by atoms with E-state index in [-0.39, 0.29) is 12.3 Å². The molecule has 0 spiro atoms. The Morgan fingerprint density at radius 2 is 1.87 bits per heavy atom. The summed E-state index contributed by atoms with van der Waals surface area (Å²) in [7, 11) is 0. The van der Waals surface area contributed by atoms with Gasteiger partial charge in [-0.2, -0.15) is 0 Å². The number of halogens is 1. The van der Waals surface area contributed by atoms with Crippen molar-refractivity contribution in [2.24, 2.45) is 4.99 Å². The van der Waals surface area contributed by atoms with Gasteiger partial charge in [0.25, 0.3) is 0 Å². The lowest BCUT2D eigenvalue weighted by Crippen LogP contribution is -1.96. The topological polar surface area (TPSA) is 49.7 Å². The number of hydrogen-bond acceptors (Lipinski definition) is 3. The molecular formula is C11H12ClNO2. The van der Waals surface area contributed by atoms with Crippen LogP contribution in [-0.4, -0.2) is 11.2 Å². The standard InChI is InChI=1S/C11H12ClNO2/c1-6-7(2)11(15)9(4-13-5-14)8(3)10(6)12/h15H,4H2,1-3H3. The van der Waals surface area contributed by atoms with Gasteiger partial charge in [-0.3, -0.25) is 0 Å². The number of phenolic OH excluding ortho intramolecular Hbond substituents is 1. The van der Waals surface area contributed by atoms with Crippen LogP contribution < -0.4 is 0 Å². The molecule has 1 aromatic carbocycles. The Morgan fingerprint density at radius 3 is 2.40 bits per heavy atom. The fraction of sp³-hybridized carbons (Fsp3) is 0.364. The summed E-state index contributed by atoms with van der Waals surface area (Å²) in [6.07, 6.45) is 1.44. The molecule has 3 nitrogen and oxygen atoms in total. The molecule has 1 rings (SSSR count). The van der Waals surface area contributed by atoms with Crippen molar-refractivity contribution in [2.45, 2.75) is 27.3 Å². The normalized spacial score (nSPS) is 9.87. The molecule has 80 valence electrons. The zero-order valence-corrected chi connectivity index (χ0v) is 9.64. The fourth-order valence-electron chi connectivity index (χ4n) is 1.46. The number of carbonyl (C=O) groups excluding carboxylic acids is 1. The minimum Gasteiger partial charge on any atom is -0.507 e. The second-order valence-corrected chi connectivity index (χ2v) is 3.80. The Balaban J connectivity index is 3.44. The molecule has 0 bridgehead atoms. The molecule has 15 heavy (non-hydrogen) atoms. The molecule has 0 radical (unpaired) electrons. The number of rotatable bonds is 2. The number of aromatic hydroxyl groups is 1. The minimum absolute atomic E-state index is 0.113. The van der Waals surface area contributed by atoms with E-state index in [4.69, 9.17) is 11.6 Å². The molecule has 0 heterocycles. The first-order chi connectivity index (χ1) is 7.00. The van der Waals surface area contributed by atoms with Gasteiger partial charge in [-0.05, 0) is 37.5 Å². The Bertz CT molecular complexity index is 419. The van der Waals surface area contributed by atoms with Gasteiger partial charge in [-0.1, -0.05) is 11.6 Å². The zero-order valence-electron chi connectivity index (χ0n) is 8.89. The molecule has 1 aromatic rings. The van der Waals surface area contributed by atoms with Crippen LogP contribution in [0.1, 0.15) is 22.3 Å². The summed E-state index contributed by atoms with van der Waals surface area (Å²) in [5, 5.41) is 10.5. The molecule has 0 saturated heterocycles. The van der Waals surface area contributed by atoms with E-state index in [9.17, 15) is 9.90 Å². The van der Waals surface area contributed by atoms with Gasteiger partial charge >= 0.3 is 0 Å². The first-order valence-corrected chi connectivity index (χ1v) is 4.89. The van der Waals surface area contributed by atoms with E-state index in [2.05, 4.69) is 4.99 Å². The van der Waals surface area contributed by atoms with Gasteiger partial charge in [0.1, 0.15) is 5.75 Å². The van der Waals surface area contributed by atoms with Crippen LogP contribution in [0.2, 0.25) is 5.02 Å². The zero-order chi connectivity index (χ0) is 11.6. The van der Waals surface area contributed by atoms with Gasteiger partial charge in [0, 0.05) is 10.6 Å². The summed E-state index contributed by atoms with van der Waals surface area (Å²) in [4.78, 5) is 13.5. The lowest BCUT2D eigenvalue weighted by molar-refractivity contribution is 0.463. The van der Waals surface area contributed by atoms with Crippen LogP contribution in [0, 0.1) is 20.8 Å². The monoisotopic (exact) mass is 225 g/mol. The number of nitrogens with zero attached hydrogens (tertiary/aromatic N) is 1. The molecule has 0 unspecified atom stereocenters. The molecule has 0 aliphatic rings. The third kappa shape index (κ3) is 2.04. The van der Waals surface area contributed by atoms with E-state index in [0.717, 1.165) is 16.7 Å². The molecule has 0 aromatic heterocycles. The van der Waals surface area contributed by atoms with Crippen molar-refractivity contribution in [3.8, 4) is 5.75 Å². The van der Waals surface area contributed by atoms with Crippen molar-refractivity contribution in [3.63, 3.8) is 0 Å². The number of phenols is 1. The molecule has 0 saturated carbocycles. The van der Waals surface area contributed by atoms with Crippen LogP contribution in [-0.2, 0) is 11.3 Å². The maximum atomic E-state index is 10.0. The van der Waals surface area contributed by atoms with E-state index < -0.39 is 0 Å². The van der Waals surface area contributed by atoms with Crippen molar-refractivity contribution >= 4 is 17.7 Å². The second kappa shape index (κ2) is 4.47. The summed E-state index contributed by atoms with van der Waals surface area (Å²) in [6, 6.07) is 0. The maximum Gasteiger partial charge on any atom is 0.235 e. The van der Waals surface area contributed by atoms with Gasteiger partial charge in [0.05, 0.1) is 6.54 Å². The minimum atomic E-state index is 0.113. The van der Waals surface area contributed by atoms with Crippen molar-refractivity contribution < 1.29 is 9.90 Å². The highest BCUT2D eigenvalue weighted by molar-refractivity contribution is 6.32. The Labute approximate surface area is 93.4 Å². The number of benzene rings is 1. The summed E-state index contributed by atoms with van der Waals surface area (Å²) < 4.78 is 0. The van der Waals surface area contributed by atoms with E-state index in [1.54, 1.807) is 13.8 Å². The molecule has 0 atom stereocenters. The first-order valence-electron chi connectivity index (χ1n) is 4.51. The predicted octanol–water partition coefficient (Wildman–Crippen LogP) is 2.81. The third-order valence-electron chi connectivity index (χ3n) is 2.62. The van der Waals surface area contributed by atoms with Gasteiger partial charge in [-0.15, -0.1) is 0 Å². The van der Waals surface area contributed by atoms with E-state index >= 15 is 0 Å². The van der Waals surface area contributed by atoms with Crippen LogP contribution in [0.3, 0.4) is 0 Å². The smallest absolute Gasteiger partial charge is 0.235 e. The predicted molar refractivity (Wildman–Crippen MR) is 59.2 cm³/mol. The quantitative estimate of drug-likeness (QED) is 0.622. The van der Waals surface area contributed by atoms with Crippen LogP contribution in [0.4, 0.5) is 0 Å². The number of hydrogen-bond donors (Lipinski definition) is 1. The maximum absolute atomic E-state index is 10.0. The van der Waals surface area contributed by atoms with Gasteiger partial charge in [0.15, 0.2) is 0 Å². The SMILES string of the molecule is Cc1c(C)c(Cl)c(C)c(CN=C=O)c1O.